The summed E-state index contributed by atoms with van der Waals surface area (Å²) in [5.74, 6) is 0.945. The molecule has 0 aliphatic rings. The number of hydrogen-bond acceptors (Lipinski definition) is 2. The Hall–Kier alpha value is -1.80. The SMILES string of the molecule is CCNC(c1ccc(C)c(OC)c1)c1ccc(C)cc1C. The van der Waals surface area contributed by atoms with Gasteiger partial charge in [-0.05, 0) is 55.6 Å². The van der Waals surface area contributed by atoms with Crippen LogP contribution in [-0.2, 0) is 0 Å². The highest BCUT2D eigenvalue weighted by atomic mass is 16.5. The van der Waals surface area contributed by atoms with Crippen molar-refractivity contribution in [1.29, 1.82) is 0 Å². The minimum Gasteiger partial charge on any atom is -0.496 e. The maximum absolute atomic E-state index is 5.47. The van der Waals surface area contributed by atoms with Crippen LogP contribution in [-0.4, -0.2) is 13.7 Å². The van der Waals surface area contributed by atoms with Crippen molar-refractivity contribution in [3.8, 4) is 5.75 Å². The van der Waals surface area contributed by atoms with E-state index in [0.29, 0.717) is 0 Å². The van der Waals surface area contributed by atoms with E-state index in [-0.39, 0.29) is 6.04 Å². The molecule has 2 nitrogen and oxygen atoms in total. The van der Waals surface area contributed by atoms with Gasteiger partial charge >= 0.3 is 0 Å². The molecule has 2 aromatic carbocycles. The second-order valence-electron chi connectivity index (χ2n) is 5.58. The fourth-order valence-corrected chi connectivity index (χ4v) is 2.78. The molecule has 2 rings (SSSR count). The van der Waals surface area contributed by atoms with Crippen molar-refractivity contribution in [2.75, 3.05) is 13.7 Å². The summed E-state index contributed by atoms with van der Waals surface area (Å²) in [6, 6.07) is 13.3. The molecule has 0 bridgehead atoms. The van der Waals surface area contributed by atoms with Crippen molar-refractivity contribution < 1.29 is 4.74 Å². The first-order chi connectivity index (χ1) is 10.1. The lowest BCUT2D eigenvalue weighted by atomic mass is 9.93. The van der Waals surface area contributed by atoms with Gasteiger partial charge in [-0.15, -0.1) is 0 Å². The maximum Gasteiger partial charge on any atom is 0.122 e. The molecule has 2 aromatic rings. The first-order valence-electron chi connectivity index (χ1n) is 7.52. The van der Waals surface area contributed by atoms with E-state index in [9.17, 15) is 0 Å². The standard InChI is InChI=1S/C19H25NO/c1-6-20-19(17-10-7-13(2)11-15(17)4)16-9-8-14(3)18(12-16)21-5/h7-12,19-20H,6H2,1-5H3. The number of methoxy groups -OCH3 is 1. The van der Waals surface area contributed by atoms with Crippen molar-refractivity contribution in [2.45, 2.75) is 33.7 Å². The third-order valence-electron chi connectivity index (χ3n) is 3.91. The second kappa shape index (κ2) is 6.77. The van der Waals surface area contributed by atoms with Crippen molar-refractivity contribution in [3.05, 3.63) is 64.2 Å². The quantitative estimate of drug-likeness (QED) is 0.882. The normalized spacial score (nSPS) is 12.2. The van der Waals surface area contributed by atoms with Gasteiger partial charge < -0.3 is 10.1 Å². The molecular weight excluding hydrogens is 258 g/mol. The summed E-state index contributed by atoms with van der Waals surface area (Å²) in [4.78, 5) is 0. The summed E-state index contributed by atoms with van der Waals surface area (Å²) in [6.07, 6.45) is 0. The van der Waals surface area contributed by atoms with Gasteiger partial charge in [-0.3, -0.25) is 0 Å². The van der Waals surface area contributed by atoms with E-state index in [4.69, 9.17) is 4.74 Å². The summed E-state index contributed by atoms with van der Waals surface area (Å²) in [5.41, 5.74) is 6.35. The van der Waals surface area contributed by atoms with Crippen LogP contribution < -0.4 is 10.1 Å². The predicted molar refractivity (Wildman–Crippen MR) is 89.2 cm³/mol. The highest BCUT2D eigenvalue weighted by molar-refractivity contribution is 5.43. The lowest BCUT2D eigenvalue weighted by molar-refractivity contribution is 0.410. The van der Waals surface area contributed by atoms with Crippen LogP contribution in [0.1, 0.15) is 40.8 Å². The highest BCUT2D eigenvalue weighted by Gasteiger charge is 2.16. The molecule has 2 heteroatoms. The van der Waals surface area contributed by atoms with Crippen molar-refractivity contribution >= 4 is 0 Å². The van der Waals surface area contributed by atoms with E-state index in [1.165, 1.54) is 22.3 Å². The Bertz CT molecular complexity index is 619. The Morgan fingerprint density at radius 1 is 1.00 bits per heavy atom. The average molecular weight is 283 g/mol. The lowest BCUT2D eigenvalue weighted by Crippen LogP contribution is -2.23. The van der Waals surface area contributed by atoms with Crippen LogP contribution in [0.15, 0.2) is 36.4 Å². The maximum atomic E-state index is 5.47. The number of hydrogen-bond donors (Lipinski definition) is 1. The van der Waals surface area contributed by atoms with Crippen LogP contribution in [0.3, 0.4) is 0 Å². The topological polar surface area (TPSA) is 21.3 Å². The van der Waals surface area contributed by atoms with Crippen LogP contribution in [0.2, 0.25) is 0 Å². The molecule has 112 valence electrons. The van der Waals surface area contributed by atoms with E-state index in [0.717, 1.165) is 17.9 Å². The summed E-state index contributed by atoms with van der Waals surface area (Å²) in [6.45, 7) is 9.45. The summed E-state index contributed by atoms with van der Waals surface area (Å²) < 4.78 is 5.47. The first-order valence-corrected chi connectivity index (χ1v) is 7.52. The van der Waals surface area contributed by atoms with Gasteiger partial charge in [0.25, 0.3) is 0 Å². The Labute approximate surface area is 128 Å². The fourth-order valence-electron chi connectivity index (χ4n) is 2.78. The molecule has 0 aliphatic heterocycles. The molecule has 0 fully saturated rings. The number of ether oxygens (including phenoxy) is 1. The molecule has 21 heavy (non-hydrogen) atoms. The van der Waals surface area contributed by atoms with Gasteiger partial charge in [-0.25, -0.2) is 0 Å². The molecule has 1 atom stereocenters. The van der Waals surface area contributed by atoms with E-state index >= 15 is 0 Å². The van der Waals surface area contributed by atoms with E-state index < -0.39 is 0 Å². The zero-order chi connectivity index (χ0) is 15.4. The van der Waals surface area contributed by atoms with Gasteiger partial charge in [0.15, 0.2) is 0 Å². The number of nitrogens with one attached hydrogen (secondary N) is 1. The van der Waals surface area contributed by atoms with Crippen LogP contribution in [0, 0.1) is 20.8 Å². The molecule has 0 heterocycles. The third-order valence-corrected chi connectivity index (χ3v) is 3.91. The minimum absolute atomic E-state index is 0.199. The number of benzene rings is 2. The average Bonchev–Trinajstić information content (AvgIpc) is 2.46. The molecule has 0 radical (unpaired) electrons. The molecule has 0 saturated heterocycles. The highest BCUT2D eigenvalue weighted by Crippen LogP contribution is 2.29. The predicted octanol–water partition coefficient (Wildman–Crippen LogP) is 4.32. The fraction of sp³-hybridized carbons (Fsp3) is 0.368. The van der Waals surface area contributed by atoms with Gasteiger partial charge in [0.2, 0.25) is 0 Å². The number of aryl methyl sites for hydroxylation is 3. The Kier molecular flexibility index (Phi) is 5.03. The molecular formula is C19H25NO. The zero-order valence-electron chi connectivity index (χ0n) is 13.7. The van der Waals surface area contributed by atoms with Crippen LogP contribution >= 0.6 is 0 Å². The Morgan fingerprint density at radius 3 is 2.38 bits per heavy atom. The molecule has 0 aliphatic carbocycles. The lowest BCUT2D eigenvalue weighted by Gasteiger charge is -2.22. The number of rotatable bonds is 5. The van der Waals surface area contributed by atoms with Crippen LogP contribution in [0.25, 0.3) is 0 Å². The molecule has 0 aromatic heterocycles. The van der Waals surface area contributed by atoms with Gasteiger partial charge in [-0.2, -0.15) is 0 Å². The smallest absolute Gasteiger partial charge is 0.122 e. The largest absolute Gasteiger partial charge is 0.496 e. The summed E-state index contributed by atoms with van der Waals surface area (Å²) >= 11 is 0. The van der Waals surface area contributed by atoms with Crippen molar-refractivity contribution in [1.82, 2.24) is 5.32 Å². The molecule has 0 amide bonds. The third kappa shape index (κ3) is 3.45. The van der Waals surface area contributed by atoms with Gasteiger partial charge in [0.05, 0.1) is 13.2 Å². The van der Waals surface area contributed by atoms with E-state index in [1.807, 2.05) is 0 Å². The monoisotopic (exact) mass is 283 g/mol. The molecule has 0 spiro atoms. The van der Waals surface area contributed by atoms with Crippen molar-refractivity contribution in [2.24, 2.45) is 0 Å². The zero-order valence-corrected chi connectivity index (χ0v) is 13.7. The van der Waals surface area contributed by atoms with Gasteiger partial charge in [-0.1, -0.05) is 42.8 Å². The molecule has 1 N–H and O–H groups in total. The van der Waals surface area contributed by atoms with Crippen molar-refractivity contribution in [3.63, 3.8) is 0 Å². The Balaban J connectivity index is 2.47. The Morgan fingerprint density at radius 2 is 1.76 bits per heavy atom. The summed E-state index contributed by atoms with van der Waals surface area (Å²) in [7, 11) is 1.73. The van der Waals surface area contributed by atoms with Crippen LogP contribution in [0.5, 0.6) is 5.75 Å². The van der Waals surface area contributed by atoms with E-state index in [2.05, 4.69) is 69.4 Å². The first kappa shape index (κ1) is 15.6. The van der Waals surface area contributed by atoms with Gasteiger partial charge in [0, 0.05) is 0 Å². The molecule has 1 unspecified atom stereocenters. The van der Waals surface area contributed by atoms with Crippen LogP contribution in [0.4, 0.5) is 0 Å². The minimum atomic E-state index is 0.199. The second-order valence-corrected chi connectivity index (χ2v) is 5.58. The molecule has 0 saturated carbocycles. The van der Waals surface area contributed by atoms with Gasteiger partial charge in [0.1, 0.15) is 5.75 Å². The van der Waals surface area contributed by atoms with E-state index in [1.54, 1.807) is 7.11 Å². The summed E-state index contributed by atoms with van der Waals surface area (Å²) in [5, 5.41) is 3.59.